The van der Waals surface area contributed by atoms with E-state index in [1.807, 2.05) is 0 Å². The molecule has 2 N–H and O–H groups in total. The lowest BCUT2D eigenvalue weighted by atomic mass is 10.2. The van der Waals surface area contributed by atoms with Crippen LogP contribution < -0.4 is 10.6 Å². The Bertz CT molecular complexity index is 993. The van der Waals surface area contributed by atoms with Crippen molar-refractivity contribution in [3.05, 3.63) is 69.1 Å². The highest BCUT2D eigenvalue weighted by Gasteiger charge is 2.14. The van der Waals surface area contributed by atoms with Crippen LogP contribution in [0.2, 0.25) is 0 Å². The van der Waals surface area contributed by atoms with Crippen LogP contribution in [0.15, 0.2) is 46.4 Å². The van der Waals surface area contributed by atoms with Gasteiger partial charge in [0.15, 0.2) is 5.13 Å². The zero-order valence-corrected chi connectivity index (χ0v) is 14.9. The van der Waals surface area contributed by atoms with E-state index in [0.717, 1.165) is 0 Å². The summed E-state index contributed by atoms with van der Waals surface area (Å²) >= 11 is 1.21. The van der Waals surface area contributed by atoms with Crippen molar-refractivity contribution in [1.82, 2.24) is 4.98 Å². The van der Waals surface area contributed by atoms with Gasteiger partial charge in [-0.25, -0.2) is 4.98 Å². The number of nitro benzene ring substituents is 1. The summed E-state index contributed by atoms with van der Waals surface area (Å²) in [6, 6.07) is 7.09. The molecule has 0 aliphatic heterocycles. The fourth-order valence-corrected chi connectivity index (χ4v) is 2.97. The first-order valence-electron chi connectivity index (χ1n) is 7.76. The fourth-order valence-electron chi connectivity index (χ4n) is 2.27. The van der Waals surface area contributed by atoms with Crippen molar-refractivity contribution >= 4 is 39.7 Å². The van der Waals surface area contributed by atoms with Crippen LogP contribution in [-0.2, 0) is 11.2 Å². The molecule has 2 heterocycles. The molecule has 0 fully saturated rings. The fraction of sp³-hybridized carbons (Fsp3) is 0.118. The molecule has 0 aliphatic rings. The number of furan rings is 1. The van der Waals surface area contributed by atoms with Gasteiger partial charge in [0.05, 0.1) is 28.9 Å². The van der Waals surface area contributed by atoms with Gasteiger partial charge in [0, 0.05) is 23.2 Å². The molecule has 10 heteroatoms. The SMILES string of the molecule is Cc1occc1C(=O)Nc1nc(CC(=O)Nc2ccc([N+](=O)[O-])cc2)cs1. The minimum atomic E-state index is -0.512. The van der Waals surface area contributed by atoms with Crippen LogP contribution in [-0.4, -0.2) is 21.7 Å². The first-order valence-corrected chi connectivity index (χ1v) is 8.64. The highest BCUT2D eigenvalue weighted by atomic mass is 32.1. The van der Waals surface area contributed by atoms with Gasteiger partial charge in [0.2, 0.25) is 5.91 Å². The van der Waals surface area contributed by atoms with Crippen LogP contribution in [0.3, 0.4) is 0 Å². The summed E-state index contributed by atoms with van der Waals surface area (Å²) in [5.41, 5.74) is 1.31. The third-order valence-corrected chi connectivity index (χ3v) is 4.39. The van der Waals surface area contributed by atoms with E-state index in [0.29, 0.717) is 27.8 Å². The third kappa shape index (κ3) is 4.55. The largest absolute Gasteiger partial charge is 0.469 e. The van der Waals surface area contributed by atoms with Crippen molar-refractivity contribution in [1.29, 1.82) is 0 Å². The lowest BCUT2D eigenvalue weighted by molar-refractivity contribution is -0.384. The maximum absolute atomic E-state index is 12.1. The van der Waals surface area contributed by atoms with E-state index in [4.69, 9.17) is 4.42 Å². The number of carbonyl (C=O) groups is 2. The molecule has 0 aliphatic carbocycles. The van der Waals surface area contributed by atoms with E-state index in [2.05, 4.69) is 15.6 Å². The van der Waals surface area contributed by atoms with E-state index in [1.165, 1.54) is 41.9 Å². The number of thiazole rings is 1. The number of nitro groups is 1. The van der Waals surface area contributed by atoms with Crippen molar-refractivity contribution in [2.75, 3.05) is 10.6 Å². The van der Waals surface area contributed by atoms with Gasteiger partial charge in [-0.05, 0) is 25.1 Å². The number of rotatable bonds is 6. The van der Waals surface area contributed by atoms with Crippen molar-refractivity contribution in [3.8, 4) is 0 Å². The lowest BCUT2D eigenvalue weighted by Gasteiger charge is -2.03. The number of benzene rings is 1. The number of aromatic nitrogens is 1. The van der Waals surface area contributed by atoms with E-state index >= 15 is 0 Å². The quantitative estimate of drug-likeness (QED) is 0.494. The Morgan fingerprint density at radius 2 is 1.96 bits per heavy atom. The molecule has 3 aromatic rings. The average molecular weight is 386 g/mol. The molecule has 2 aromatic heterocycles. The lowest BCUT2D eigenvalue weighted by Crippen LogP contribution is -2.15. The number of aryl methyl sites for hydroxylation is 1. The first kappa shape index (κ1) is 18.3. The topological polar surface area (TPSA) is 127 Å². The van der Waals surface area contributed by atoms with Crippen LogP contribution in [0.25, 0.3) is 0 Å². The number of non-ortho nitro benzene ring substituents is 1. The molecule has 0 radical (unpaired) electrons. The average Bonchev–Trinajstić information content (AvgIpc) is 3.24. The Labute approximate surface area is 157 Å². The van der Waals surface area contributed by atoms with Gasteiger partial charge in [-0.1, -0.05) is 0 Å². The maximum Gasteiger partial charge on any atom is 0.269 e. The monoisotopic (exact) mass is 386 g/mol. The predicted octanol–water partition coefficient (Wildman–Crippen LogP) is 3.39. The second-order valence-electron chi connectivity index (χ2n) is 5.52. The van der Waals surface area contributed by atoms with E-state index in [9.17, 15) is 19.7 Å². The van der Waals surface area contributed by atoms with Crippen LogP contribution in [0, 0.1) is 17.0 Å². The summed E-state index contributed by atoms with van der Waals surface area (Å²) in [7, 11) is 0. The molecule has 9 nitrogen and oxygen atoms in total. The number of nitrogens with one attached hydrogen (secondary N) is 2. The predicted molar refractivity (Wildman–Crippen MR) is 98.9 cm³/mol. The number of carbonyl (C=O) groups excluding carboxylic acids is 2. The van der Waals surface area contributed by atoms with E-state index < -0.39 is 4.92 Å². The molecular formula is C17H14N4O5S. The van der Waals surface area contributed by atoms with Crippen LogP contribution >= 0.6 is 11.3 Å². The summed E-state index contributed by atoms with van der Waals surface area (Å²) in [5, 5.41) is 18.0. The van der Waals surface area contributed by atoms with Crippen LogP contribution in [0.5, 0.6) is 0 Å². The van der Waals surface area contributed by atoms with Gasteiger partial charge in [0.1, 0.15) is 5.76 Å². The van der Waals surface area contributed by atoms with Crippen LogP contribution in [0.1, 0.15) is 21.8 Å². The molecule has 138 valence electrons. The number of anilines is 2. The van der Waals surface area contributed by atoms with Gasteiger partial charge in [-0.3, -0.25) is 25.0 Å². The Kier molecular flexibility index (Phi) is 5.27. The molecule has 0 saturated heterocycles. The van der Waals surface area contributed by atoms with Crippen molar-refractivity contribution in [2.45, 2.75) is 13.3 Å². The normalized spacial score (nSPS) is 10.4. The summed E-state index contributed by atoms with van der Waals surface area (Å²) in [6.07, 6.45) is 1.44. The number of hydrogen-bond donors (Lipinski definition) is 2. The molecule has 2 amide bonds. The Morgan fingerprint density at radius 3 is 2.59 bits per heavy atom. The van der Waals surface area contributed by atoms with Gasteiger partial charge in [-0.15, -0.1) is 11.3 Å². The molecule has 0 bridgehead atoms. The minimum absolute atomic E-state index is 0.00803. The Hall–Kier alpha value is -3.53. The second kappa shape index (κ2) is 7.79. The van der Waals surface area contributed by atoms with Crippen molar-refractivity contribution in [2.24, 2.45) is 0 Å². The zero-order chi connectivity index (χ0) is 19.4. The standard InChI is InChI=1S/C17H14N4O5S/c1-10-14(6-7-26-10)16(23)20-17-19-12(9-27-17)8-15(22)18-11-2-4-13(5-3-11)21(24)25/h2-7,9H,8H2,1H3,(H,18,22)(H,19,20,23). The van der Waals surface area contributed by atoms with Gasteiger partial charge >= 0.3 is 0 Å². The smallest absolute Gasteiger partial charge is 0.269 e. The van der Waals surface area contributed by atoms with E-state index in [-0.39, 0.29) is 23.9 Å². The molecule has 0 spiro atoms. The highest BCUT2D eigenvalue weighted by molar-refractivity contribution is 7.14. The summed E-state index contributed by atoms with van der Waals surface area (Å²) < 4.78 is 5.09. The Morgan fingerprint density at radius 1 is 1.22 bits per heavy atom. The molecule has 0 atom stereocenters. The number of hydrogen-bond acceptors (Lipinski definition) is 7. The maximum atomic E-state index is 12.1. The second-order valence-corrected chi connectivity index (χ2v) is 6.38. The minimum Gasteiger partial charge on any atom is -0.469 e. The van der Waals surface area contributed by atoms with Crippen molar-refractivity contribution in [3.63, 3.8) is 0 Å². The molecule has 27 heavy (non-hydrogen) atoms. The van der Waals surface area contributed by atoms with Gasteiger partial charge in [-0.2, -0.15) is 0 Å². The van der Waals surface area contributed by atoms with E-state index in [1.54, 1.807) is 18.4 Å². The third-order valence-electron chi connectivity index (χ3n) is 3.58. The van der Waals surface area contributed by atoms with Gasteiger partial charge in [0.25, 0.3) is 11.6 Å². The number of nitrogens with zero attached hydrogens (tertiary/aromatic N) is 2. The molecule has 3 rings (SSSR count). The molecular weight excluding hydrogens is 372 g/mol. The molecule has 0 saturated carbocycles. The highest BCUT2D eigenvalue weighted by Crippen LogP contribution is 2.19. The number of amides is 2. The van der Waals surface area contributed by atoms with Crippen molar-refractivity contribution < 1.29 is 18.9 Å². The first-order chi connectivity index (χ1) is 12.9. The summed E-state index contributed by atoms with van der Waals surface area (Å²) in [5.74, 6) is -0.151. The summed E-state index contributed by atoms with van der Waals surface area (Å²) in [6.45, 7) is 1.69. The Balaban J connectivity index is 1.57. The van der Waals surface area contributed by atoms with Gasteiger partial charge < -0.3 is 9.73 Å². The summed E-state index contributed by atoms with van der Waals surface area (Å²) in [4.78, 5) is 38.5. The zero-order valence-electron chi connectivity index (χ0n) is 14.1. The molecule has 1 aromatic carbocycles. The molecule has 0 unspecified atom stereocenters. The van der Waals surface area contributed by atoms with Crippen LogP contribution in [0.4, 0.5) is 16.5 Å².